The van der Waals surface area contributed by atoms with Crippen LogP contribution in [-0.2, 0) is 4.79 Å². The Labute approximate surface area is 61.1 Å². The minimum Gasteiger partial charge on any atom is -0.366 e. The smallest absolute Gasteiger partial charge is 0.244 e. The first-order valence-electron chi connectivity index (χ1n) is 3.54. The third-order valence-electron chi connectivity index (χ3n) is 2.11. The highest BCUT2D eigenvalue weighted by Crippen LogP contribution is 2.37. The molecule has 0 saturated heterocycles. The Morgan fingerprint density at radius 1 is 1.70 bits per heavy atom. The molecule has 2 heteroatoms. The van der Waals surface area contributed by atoms with E-state index in [9.17, 15) is 4.79 Å². The van der Waals surface area contributed by atoms with Crippen molar-refractivity contribution >= 4 is 5.91 Å². The van der Waals surface area contributed by atoms with Crippen molar-refractivity contribution in [1.29, 1.82) is 0 Å². The van der Waals surface area contributed by atoms with E-state index in [0.29, 0.717) is 0 Å². The third kappa shape index (κ3) is 1.06. The summed E-state index contributed by atoms with van der Waals surface area (Å²) in [5.74, 6) is -0.262. The molecule has 0 aromatic carbocycles. The highest BCUT2D eigenvalue weighted by molar-refractivity contribution is 5.93. The number of allylic oxidation sites excluding steroid dienone is 1. The molecule has 1 aliphatic rings. The van der Waals surface area contributed by atoms with Gasteiger partial charge in [-0.15, -0.1) is 0 Å². The molecule has 0 aromatic rings. The van der Waals surface area contributed by atoms with Crippen LogP contribution in [0.25, 0.3) is 0 Å². The lowest BCUT2D eigenvalue weighted by Crippen LogP contribution is -2.23. The highest BCUT2D eigenvalue weighted by atomic mass is 16.1. The average molecular weight is 139 g/mol. The van der Waals surface area contributed by atoms with Crippen LogP contribution < -0.4 is 5.73 Å². The van der Waals surface area contributed by atoms with Crippen LogP contribution in [0.15, 0.2) is 11.6 Å². The molecule has 0 heterocycles. The molecule has 0 saturated carbocycles. The van der Waals surface area contributed by atoms with Gasteiger partial charge in [-0.3, -0.25) is 4.79 Å². The van der Waals surface area contributed by atoms with Crippen molar-refractivity contribution in [2.45, 2.75) is 26.7 Å². The number of rotatable bonds is 1. The molecule has 1 amide bonds. The van der Waals surface area contributed by atoms with Gasteiger partial charge in [-0.2, -0.15) is 0 Å². The molecule has 56 valence electrons. The Kier molecular flexibility index (Phi) is 1.55. The van der Waals surface area contributed by atoms with Gasteiger partial charge in [-0.25, -0.2) is 0 Å². The second kappa shape index (κ2) is 2.11. The largest absolute Gasteiger partial charge is 0.366 e. The summed E-state index contributed by atoms with van der Waals surface area (Å²) >= 11 is 0. The summed E-state index contributed by atoms with van der Waals surface area (Å²) in [4.78, 5) is 10.8. The first-order valence-corrected chi connectivity index (χ1v) is 3.54. The van der Waals surface area contributed by atoms with E-state index in [1.54, 1.807) is 0 Å². The number of hydrogen-bond acceptors (Lipinski definition) is 1. The summed E-state index contributed by atoms with van der Waals surface area (Å²) in [6, 6.07) is 0. The molecule has 1 aliphatic carbocycles. The second-order valence-electron chi connectivity index (χ2n) is 3.40. The summed E-state index contributed by atoms with van der Waals surface area (Å²) in [7, 11) is 0. The van der Waals surface area contributed by atoms with Gasteiger partial charge in [0.15, 0.2) is 0 Å². The van der Waals surface area contributed by atoms with E-state index in [0.717, 1.165) is 18.4 Å². The van der Waals surface area contributed by atoms with Crippen LogP contribution in [0, 0.1) is 5.41 Å². The van der Waals surface area contributed by atoms with Crippen LogP contribution in [0.5, 0.6) is 0 Å². The standard InChI is InChI=1S/C8H13NO/c1-8(2)5-3-4-6(8)7(9)10/h4H,3,5H2,1-2H3,(H2,9,10). The predicted molar refractivity (Wildman–Crippen MR) is 40.3 cm³/mol. The van der Waals surface area contributed by atoms with Crippen molar-refractivity contribution in [2.24, 2.45) is 11.1 Å². The second-order valence-corrected chi connectivity index (χ2v) is 3.40. The normalized spacial score (nSPS) is 22.4. The molecule has 2 nitrogen and oxygen atoms in total. The Bertz CT molecular complexity index is 191. The number of primary amides is 1. The fourth-order valence-corrected chi connectivity index (χ4v) is 1.42. The molecule has 10 heavy (non-hydrogen) atoms. The first kappa shape index (κ1) is 7.32. The maximum Gasteiger partial charge on any atom is 0.244 e. The van der Waals surface area contributed by atoms with E-state index in [1.165, 1.54) is 0 Å². The molecular weight excluding hydrogens is 126 g/mol. The molecule has 0 aromatic heterocycles. The van der Waals surface area contributed by atoms with Gasteiger partial charge in [-0.05, 0) is 18.3 Å². The van der Waals surface area contributed by atoms with E-state index < -0.39 is 0 Å². The quantitative estimate of drug-likeness (QED) is 0.583. The number of carbonyl (C=O) groups excluding carboxylic acids is 1. The van der Waals surface area contributed by atoms with Crippen LogP contribution in [0.4, 0.5) is 0 Å². The zero-order valence-corrected chi connectivity index (χ0v) is 6.48. The molecule has 0 unspecified atom stereocenters. The van der Waals surface area contributed by atoms with Gasteiger partial charge in [0.2, 0.25) is 5.91 Å². The topological polar surface area (TPSA) is 43.1 Å². The lowest BCUT2D eigenvalue weighted by Gasteiger charge is -2.19. The molecule has 0 spiro atoms. The maximum absolute atomic E-state index is 10.8. The van der Waals surface area contributed by atoms with Gasteiger partial charge in [0.05, 0.1) is 0 Å². The number of hydrogen-bond donors (Lipinski definition) is 1. The van der Waals surface area contributed by atoms with Crippen LogP contribution in [0.1, 0.15) is 26.7 Å². The maximum atomic E-state index is 10.8. The van der Waals surface area contributed by atoms with Crippen molar-refractivity contribution in [3.63, 3.8) is 0 Å². The van der Waals surface area contributed by atoms with Gasteiger partial charge >= 0.3 is 0 Å². The van der Waals surface area contributed by atoms with Gasteiger partial charge in [0, 0.05) is 5.57 Å². The molecular formula is C8H13NO. The number of nitrogens with two attached hydrogens (primary N) is 1. The van der Waals surface area contributed by atoms with Gasteiger partial charge in [0.25, 0.3) is 0 Å². The van der Waals surface area contributed by atoms with E-state index in [4.69, 9.17) is 5.73 Å². The third-order valence-corrected chi connectivity index (χ3v) is 2.11. The molecule has 0 fully saturated rings. The fourth-order valence-electron chi connectivity index (χ4n) is 1.42. The summed E-state index contributed by atoms with van der Waals surface area (Å²) in [6.07, 6.45) is 3.99. The van der Waals surface area contributed by atoms with Gasteiger partial charge in [0.1, 0.15) is 0 Å². The number of amides is 1. The molecule has 0 atom stereocenters. The Hall–Kier alpha value is -0.790. The van der Waals surface area contributed by atoms with E-state index in [2.05, 4.69) is 13.8 Å². The van der Waals surface area contributed by atoms with Crippen molar-refractivity contribution in [3.8, 4) is 0 Å². The first-order chi connectivity index (χ1) is 4.54. The monoisotopic (exact) mass is 139 g/mol. The zero-order valence-electron chi connectivity index (χ0n) is 6.48. The van der Waals surface area contributed by atoms with Crippen molar-refractivity contribution in [3.05, 3.63) is 11.6 Å². The molecule has 2 N–H and O–H groups in total. The van der Waals surface area contributed by atoms with Crippen LogP contribution in [0.3, 0.4) is 0 Å². The summed E-state index contributed by atoms with van der Waals surface area (Å²) < 4.78 is 0. The van der Waals surface area contributed by atoms with Crippen LogP contribution >= 0.6 is 0 Å². The van der Waals surface area contributed by atoms with Gasteiger partial charge < -0.3 is 5.73 Å². The zero-order chi connectivity index (χ0) is 7.78. The summed E-state index contributed by atoms with van der Waals surface area (Å²) in [5, 5.41) is 0. The van der Waals surface area contributed by atoms with Crippen molar-refractivity contribution in [2.75, 3.05) is 0 Å². The van der Waals surface area contributed by atoms with Crippen molar-refractivity contribution < 1.29 is 4.79 Å². The minimum absolute atomic E-state index is 0.0197. The molecule has 0 bridgehead atoms. The average Bonchev–Trinajstić information content (AvgIpc) is 2.08. The van der Waals surface area contributed by atoms with Gasteiger partial charge in [-0.1, -0.05) is 19.9 Å². The summed E-state index contributed by atoms with van der Waals surface area (Å²) in [5.41, 5.74) is 5.98. The molecule has 0 aliphatic heterocycles. The predicted octanol–water partition coefficient (Wildman–Crippen LogP) is 1.22. The lowest BCUT2D eigenvalue weighted by molar-refractivity contribution is -0.115. The van der Waals surface area contributed by atoms with E-state index in [-0.39, 0.29) is 11.3 Å². The molecule has 1 rings (SSSR count). The molecule has 0 radical (unpaired) electrons. The van der Waals surface area contributed by atoms with E-state index in [1.807, 2.05) is 6.08 Å². The van der Waals surface area contributed by atoms with Crippen LogP contribution in [0.2, 0.25) is 0 Å². The Morgan fingerprint density at radius 3 is 2.50 bits per heavy atom. The minimum atomic E-state index is -0.262. The van der Waals surface area contributed by atoms with Crippen molar-refractivity contribution in [1.82, 2.24) is 0 Å². The van der Waals surface area contributed by atoms with E-state index >= 15 is 0 Å². The Morgan fingerprint density at radius 2 is 2.30 bits per heavy atom. The lowest BCUT2D eigenvalue weighted by atomic mass is 9.85. The fraction of sp³-hybridized carbons (Fsp3) is 0.625. The Balaban J connectivity index is 2.85. The SMILES string of the molecule is CC1(C)CCC=C1C(N)=O. The highest BCUT2D eigenvalue weighted by Gasteiger charge is 2.30. The summed E-state index contributed by atoms with van der Waals surface area (Å²) in [6.45, 7) is 4.10. The number of carbonyl (C=O) groups is 1. The van der Waals surface area contributed by atoms with Crippen LogP contribution in [-0.4, -0.2) is 5.91 Å².